The molecule has 1 saturated heterocycles. The third-order valence-electron chi connectivity index (χ3n) is 6.22. The van der Waals surface area contributed by atoms with E-state index < -0.39 is 0 Å². The van der Waals surface area contributed by atoms with Crippen molar-refractivity contribution in [3.63, 3.8) is 0 Å². The third-order valence-corrected chi connectivity index (χ3v) is 6.22. The van der Waals surface area contributed by atoms with Gasteiger partial charge in [0.1, 0.15) is 37.5 Å². The van der Waals surface area contributed by atoms with E-state index in [1.165, 1.54) is 16.0 Å². The lowest BCUT2D eigenvalue weighted by Gasteiger charge is -2.31. The quantitative estimate of drug-likeness (QED) is 0.531. The van der Waals surface area contributed by atoms with Gasteiger partial charge in [-0.1, -0.05) is 19.1 Å². The van der Waals surface area contributed by atoms with Crippen LogP contribution in [0.1, 0.15) is 29.7 Å². The first-order chi connectivity index (χ1) is 15.2. The van der Waals surface area contributed by atoms with Crippen LogP contribution in [-0.4, -0.2) is 40.0 Å². The summed E-state index contributed by atoms with van der Waals surface area (Å²) in [5.41, 5.74) is 3.90. The van der Waals surface area contributed by atoms with Crippen LogP contribution in [0.25, 0.3) is 11.0 Å². The van der Waals surface area contributed by atoms with E-state index in [0.29, 0.717) is 11.6 Å². The molecule has 1 aliphatic rings. The van der Waals surface area contributed by atoms with Crippen molar-refractivity contribution >= 4 is 11.0 Å². The van der Waals surface area contributed by atoms with Crippen LogP contribution < -0.4 is 20.6 Å². The van der Waals surface area contributed by atoms with Gasteiger partial charge in [0.05, 0.1) is 20.3 Å². The van der Waals surface area contributed by atoms with Crippen molar-refractivity contribution in [1.82, 2.24) is 0 Å². The number of benzene rings is 2. The summed E-state index contributed by atoms with van der Waals surface area (Å²) < 4.78 is 16.4. The summed E-state index contributed by atoms with van der Waals surface area (Å²) in [6, 6.07) is 16.6. The molecule has 6 nitrogen and oxygen atoms in total. The van der Waals surface area contributed by atoms with Crippen molar-refractivity contribution in [3.05, 3.63) is 75.6 Å². The molecule has 0 amide bonds. The Morgan fingerprint density at radius 2 is 1.87 bits per heavy atom. The van der Waals surface area contributed by atoms with Gasteiger partial charge in [0.2, 0.25) is 0 Å². The minimum absolute atomic E-state index is 0.283. The summed E-state index contributed by atoms with van der Waals surface area (Å²) in [7, 11) is 1.69. The number of hydrogen-bond donors (Lipinski definition) is 2. The van der Waals surface area contributed by atoms with Crippen molar-refractivity contribution in [3.8, 4) is 5.75 Å². The molecule has 1 aliphatic heterocycles. The maximum absolute atomic E-state index is 12.1. The summed E-state index contributed by atoms with van der Waals surface area (Å²) in [6.07, 6.45) is 0.919. The number of morpholine rings is 1. The molecule has 2 aromatic carbocycles. The Morgan fingerprint density at radius 3 is 2.58 bits per heavy atom. The second kappa shape index (κ2) is 10.1. The fourth-order valence-corrected chi connectivity index (χ4v) is 4.43. The van der Waals surface area contributed by atoms with Gasteiger partial charge in [-0.25, -0.2) is 4.79 Å². The molecule has 31 heavy (non-hydrogen) atoms. The highest BCUT2D eigenvalue weighted by Crippen LogP contribution is 2.19. The third kappa shape index (κ3) is 5.15. The van der Waals surface area contributed by atoms with Crippen LogP contribution >= 0.6 is 0 Å². The number of aryl methyl sites for hydroxylation is 1. The maximum Gasteiger partial charge on any atom is 0.336 e. The topological polar surface area (TPSA) is 69.7 Å². The maximum atomic E-state index is 12.1. The Morgan fingerprint density at radius 1 is 1.10 bits per heavy atom. The van der Waals surface area contributed by atoms with Crippen LogP contribution in [0, 0.1) is 0 Å². The first kappa shape index (κ1) is 21.6. The van der Waals surface area contributed by atoms with E-state index in [0.717, 1.165) is 62.5 Å². The van der Waals surface area contributed by atoms with Crippen LogP contribution in [0.4, 0.5) is 0 Å². The van der Waals surface area contributed by atoms with Crippen LogP contribution in [0.2, 0.25) is 0 Å². The van der Waals surface area contributed by atoms with Crippen LogP contribution in [-0.2, 0) is 17.7 Å². The minimum Gasteiger partial charge on any atom is -0.497 e. The minimum atomic E-state index is -0.283. The molecule has 1 fully saturated rings. The van der Waals surface area contributed by atoms with Gasteiger partial charge in [0, 0.05) is 22.6 Å². The Balaban J connectivity index is 1.52. The van der Waals surface area contributed by atoms with Crippen molar-refractivity contribution < 1.29 is 24.1 Å². The molecule has 0 aliphatic carbocycles. The largest absolute Gasteiger partial charge is 0.497 e. The van der Waals surface area contributed by atoms with Gasteiger partial charge >= 0.3 is 5.63 Å². The van der Waals surface area contributed by atoms with Crippen molar-refractivity contribution in [2.45, 2.75) is 25.9 Å². The SMILES string of the molecule is CCc1ccc2c(C[NH2+]C[C@@H](c3ccc(OC)cc3)[NH+]3CCOCC3)cc(=O)oc2c1. The molecule has 3 aromatic rings. The first-order valence-corrected chi connectivity index (χ1v) is 11.1. The summed E-state index contributed by atoms with van der Waals surface area (Å²) >= 11 is 0. The number of methoxy groups -OCH3 is 1. The highest BCUT2D eigenvalue weighted by molar-refractivity contribution is 5.80. The first-order valence-electron chi connectivity index (χ1n) is 11.1. The second-order valence-electron chi connectivity index (χ2n) is 8.10. The monoisotopic (exact) mass is 424 g/mol. The molecule has 164 valence electrons. The molecule has 0 radical (unpaired) electrons. The van der Waals surface area contributed by atoms with Gasteiger partial charge in [-0.15, -0.1) is 0 Å². The predicted molar refractivity (Wildman–Crippen MR) is 120 cm³/mol. The molecule has 4 rings (SSSR count). The highest BCUT2D eigenvalue weighted by atomic mass is 16.5. The number of ether oxygens (including phenoxy) is 2. The van der Waals surface area contributed by atoms with Crippen molar-refractivity contribution in [1.29, 1.82) is 0 Å². The molecule has 6 heteroatoms. The number of rotatable bonds is 8. The van der Waals surface area contributed by atoms with E-state index in [-0.39, 0.29) is 5.63 Å². The molecule has 0 unspecified atom stereocenters. The number of nitrogens with one attached hydrogen (secondary N) is 1. The van der Waals surface area contributed by atoms with E-state index in [1.54, 1.807) is 13.2 Å². The lowest BCUT2D eigenvalue weighted by Crippen LogP contribution is -3.16. The zero-order valence-electron chi connectivity index (χ0n) is 18.4. The highest BCUT2D eigenvalue weighted by Gasteiger charge is 2.28. The predicted octanol–water partition coefficient (Wildman–Crippen LogP) is 1.08. The molecule has 1 aromatic heterocycles. The lowest BCUT2D eigenvalue weighted by atomic mass is 10.0. The molecule has 0 bridgehead atoms. The molecule has 0 spiro atoms. The van der Waals surface area contributed by atoms with Gasteiger partial charge in [-0.3, -0.25) is 0 Å². The fourth-order valence-electron chi connectivity index (χ4n) is 4.43. The summed E-state index contributed by atoms with van der Waals surface area (Å²) in [5.74, 6) is 0.873. The van der Waals surface area contributed by atoms with E-state index in [2.05, 4.69) is 36.5 Å². The standard InChI is InChI=1S/C25H30N2O4/c1-3-18-4-9-22-20(15-25(28)31-24(22)14-18)16-26-17-23(27-10-12-30-13-11-27)19-5-7-21(29-2)8-6-19/h4-9,14-15,23,26H,3,10-13,16-17H2,1-2H3/p+2/t23-/m0/s1. The van der Waals surface area contributed by atoms with E-state index in [1.807, 2.05) is 18.2 Å². The number of quaternary nitrogens is 2. The van der Waals surface area contributed by atoms with Gasteiger partial charge in [-0.05, 0) is 42.3 Å². The Labute approximate surface area is 182 Å². The zero-order chi connectivity index (χ0) is 21.6. The van der Waals surface area contributed by atoms with Crippen LogP contribution in [0.15, 0.2) is 57.7 Å². The number of nitrogens with two attached hydrogens (primary N) is 1. The summed E-state index contributed by atoms with van der Waals surface area (Å²) in [4.78, 5) is 13.7. The molecular formula is C25H32N2O4+2. The normalized spacial score (nSPS) is 15.8. The lowest BCUT2D eigenvalue weighted by molar-refractivity contribution is -0.952. The van der Waals surface area contributed by atoms with Crippen molar-refractivity contribution in [2.24, 2.45) is 0 Å². The van der Waals surface area contributed by atoms with Gasteiger partial charge in [-0.2, -0.15) is 0 Å². The Kier molecular flexibility index (Phi) is 7.02. The fraction of sp³-hybridized carbons (Fsp3) is 0.400. The number of hydrogen-bond acceptors (Lipinski definition) is 4. The Bertz CT molecular complexity index is 1060. The zero-order valence-corrected chi connectivity index (χ0v) is 18.4. The second-order valence-corrected chi connectivity index (χ2v) is 8.10. The van der Waals surface area contributed by atoms with E-state index in [9.17, 15) is 4.79 Å². The van der Waals surface area contributed by atoms with E-state index in [4.69, 9.17) is 13.9 Å². The average molecular weight is 425 g/mol. The summed E-state index contributed by atoms with van der Waals surface area (Å²) in [6.45, 7) is 7.37. The van der Waals surface area contributed by atoms with Gasteiger partial charge < -0.3 is 24.1 Å². The summed E-state index contributed by atoms with van der Waals surface area (Å²) in [5, 5.41) is 3.33. The molecule has 2 heterocycles. The molecule has 3 N–H and O–H groups in total. The van der Waals surface area contributed by atoms with Crippen molar-refractivity contribution in [2.75, 3.05) is 40.0 Å². The van der Waals surface area contributed by atoms with Gasteiger partial charge in [0.25, 0.3) is 0 Å². The van der Waals surface area contributed by atoms with Gasteiger partial charge in [0.15, 0.2) is 6.04 Å². The molecule has 1 atom stereocenters. The van der Waals surface area contributed by atoms with Crippen LogP contribution in [0.5, 0.6) is 5.75 Å². The average Bonchev–Trinajstić information content (AvgIpc) is 2.82. The van der Waals surface area contributed by atoms with E-state index >= 15 is 0 Å². The molecule has 0 saturated carbocycles. The van der Waals surface area contributed by atoms with Crippen LogP contribution in [0.3, 0.4) is 0 Å². The number of fused-ring (bicyclic) bond motifs is 1. The molecular weight excluding hydrogens is 392 g/mol. The smallest absolute Gasteiger partial charge is 0.336 e. The Hall–Kier alpha value is -2.67.